The van der Waals surface area contributed by atoms with E-state index in [1.165, 1.54) is 42.5 Å². The van der Waals surface area contributed by atoms with E-state index in [2.05, 4.69) is 24.4 Å². The van der Waals surface area contributed by atoms with Gasteiger partial charge < -0.3 is 9.84 Å². The van der Waals surface area contributed by atoms with Crippen molar-refractivity contribution in [1.82, 2.24) is 9.03 Å². The number of anilines is 1. The minimum absolute atomic E-state index is 0.0709. The Kier molecular flexibility index (Phi) is 9.64. The van der Waals surface area contributed by atoms with E-state index in [-0.39, 0.29) is 35.9 Å². The molecule has 4 rings (SSSR count). The number of nitrogens with zero attached hydrogens (tertiary/aromatic N) is 2. The molecule has 3 aromatic carbocycles. The van der Waals surface area contributed by atoms with Crippen molar-refractivity contribution in [2.24, 2.45) is 0 Å². The Morgan fingerprint density at radius 3 is 2.23 bits per heavy atom. The summed E-state index contributed by atoms with van der Waals surface area (Å²) < 4.78 is 62.9. The van der Waals surface area contributed by atoms with Gasteiger partial charge in [0.25, 0.3) is 5.91 Å². The van der Waals surface area contributed by atoms with Crippen LogP contribution in [0.15, 0.2) is 83.8 Å². The first-order valence-electron chi connectivity index (χ1n) is 13.6. The second-order valence-electron chi connectivity index (χ2n) is 11.4. The smallest absolute Gasteiger partial charge is 0.329 e. The zero-order chi connectivity index (χ0) is 31.4. The van der Waals surface area contributed by atoms with E-state index in [9.17, 15) is 31.5 Å². The van der Waals surface area contributed by atoms with E-state index >= 15 is 0 Å². The third-order valence-corrected chi connectivity index (χ3v) is 11.8. The van der Waals surface area contributed by atoms with Crippen LogP contribution in [0.25, 0.3) is 0 Å². The summed E-state index contributed by atoms with van der Waals surface area (Å²) in [7, 11) is -9.97. The molecule has 1 aliphatic rings. The number of nitrogens with one attached hydrogen (secondary N) is 1. The number of hydrogen-bond donors (Lipinski definition) is 2. The second kappa shape index (κ2) is 12.9. The van der Waals surface area contributed by atoms with Crippen LogP contribution >= 0.6 is 0 Å². The zero-order valence-electron chi connectivity index (χ0n) is 24.1. The van der Waals surface area contributed by atoms with Gasteiger partial charge >= 0.3 is 16.2 Å². The lowest BCUT2D eigenvalue weighted by Gasteiger charge is -2.24. The molecule has 3 aromatic rings. The summed E-state index contributed by atoms with van der Waals surface area (Å²) in [5.41, 5.74) is 1.31. The number of amides is 1. The van der Waals surface area contributed by atoms with Crippen molar-refractivity contribution in [2.75, 3.05) is 17.4 Å². The van der Waals surface area contributed by atoms with Gasteiger partial charge in [0.15, 0.2) is 0 Å². The Bertz CT molecular complexity index is 1680. The van der Waals surface area contributed by atoms with Crippen LogP contribution in [-0.2, 0) is 42.8 Å². The lowest BCUT2D eigenvalue weighted by atomic mass is 10.1. The molecule has 1 aliphatic heterocycles. The molecule has 11 nitrogen and oxygen atoms in total. The Labute approximate surface area is 253 Å². The fourth-order valence-corrected chi connectivity index (χ4v) is 8.24. The van der Waals surface area contributed by atoms with E-state index in [0.717, 1.165) is 14.2 Å². The van der Waals surface area contributed by atoms with Crippen molar-refractivity contribution >= 4 is 45.9 Å². The zero-order valence-corrected chi connectivity index (χ0v) is 26.8. The number of rotatable bonds is 13. The number of aliphatic carboxylic acids is 1. The van der Waals surface area contributed by atoms with Crippen LogP contribution in [0.3, 0.4) is 0 Å². The van der Waals surface area contributed by atoms with Crippen molar-refractivity contribution in [3.63, 3.8) is 0 Å². The molecule has 14 heteroatoms. The van der Waals surface area contributed by atoms with Crippen molar-refractivity contribution < 1.29 is 36.3 Å². The SMILES string of the molecule is C[Si](C)(C)CCN1C(=O)CN(c2ccc(CC(NS(=O)(=O)c3ccccc3)C(=O)O)cc2OCc2ccccc2)S1(=O)=O. The summed E-state index contributed by atoms with van der Waals surface area (Å²) >= 11 is 0. The summed E-state index contributed by atoms with van der Waals surface area (Å²) in [6.45, 7) is 6.04. The number of carbonyl (C=O) groups is 2. The van der Waals surface area contributed by atoms with E-state index in [4.69, 9.17) is 4.74 Å². The molecular weight excluding hydrogens is 611 g/mol. The van der Waals surface area contributed by atoms with Crippen molar-refractivity contribution in [2.45, 2.75) is 49.7 Å². The molecular formula is C29H35N3O8S2Si. The molecule has 2 N–H and O–H groups in total. The second-order valence-corrected chi connectivity index (χ2v) is 20.5. The summed E-state index contributed by atoms with van der Waals surface area (Å²) in [6.07, 6.45) is -0.253. The van der Waals surface area contributed by atoms with Gasteiger partial charge in [0, 0.05) is 14.6 Å². The molecule has 230 valence electrons. The molecule has 1 atom stereocenters. The van der Waals surface area contributed by atoms with Gasteiger partial charge in [0.05, 0.1) is 10.6 Å². The highest BCUT2D eigenvalue weighted by molar-refractivity contribution is 7.91. The lowest BCUT2D eigenvalue weighted by Crippen LogP contribution is -2.42. The number of ether oxygens (including phenoxy) is 1. The minimum Gasteiger partial charge on any atom is -0.487 e. The molecule has 0 aromatic heterocycles. The molecule has 1 amide bonds. The maximum absolute atomic E-state index is 13.5. The molecule has 0 saturated carbocycles. The van der Waals surface area contributed by atoms with Gasteiger partial charge in [-0.2, -0.15) is 13.1 Å². The number of carboxylic acids is 1. The van der Waals surface area contributed by atoms with Gasteiger partial charge in [-0.3, -0.25) is 9.59 Å². The Hall–Kier alpha value is -3.72. The van der Waals surface area contributed by atoms with E-state index < -0.39 is 52.8 Å². The third-order valence-electron chi connectivity index (χ3n) is 6.80. The van der Waals surface area contributed by atoms with Crippen molar-refractivity contribution in [3.05, 3.63) is 90.0 Å². The summed E-state index contributed by atoms with van der Waals surface area (Å²) in [5, 5.41) is 9.84. The first-order chi connectivity index (χ1) is 20.2. The van der Waals surface area contributed by atoms with Crippen molar-refractivity contribution in [3.8, 4) is 5.75 Å². The first-order valence-corrected chi connectivity index (χ1v) is 20.2. The molecule has 1 unspecified atom stereocenters. The van der Waals surface area contributed by atoms with Crippen LogP contribution in [-0.4, -0.2) is 65.3 Å². The Balaban J connectivity index is 1.65. The average Bonchev–Trinajstić information content (AvgIpc) is 3.18. The van der Waals surface area contributed by atoms with E-state index in [1.54, 1.807) is 6.07 Å². The number of hydrogen-bond acceptors (Lipinski definition) is 7. The molecule has 1 fully saturated rings. The fourth-order valence-electron chi connectivity index (χ4n) is 4.43. The van der Waals surface area contributed by atoms with Crippen LogP contribution < -0.4 is 13.8 Å². The van der Waals surface area contributed by atoms with Gasteiger partial charge in [0.1, 0.15) is 24.9 Å². The fraction of sp³-hybridized carbons (Fsp3) is 0.310. The van der Waals surface area contributed by atoms with Gasteiger partial charge in [-0.25, -0.2) is 17.0 Å². The standard InChI is InChI=1S/C29H35N3O8S2Si/c1-43(2,3)17-16-31-28(33)20-32(42(31,38)39)26-15-14-23(19-27(26)40-21-22-10-6-4-7-11-22)18-25(29(34)35)30-41(36,37)24-12-8-5-9-13-24/h4-15,19,25,30H,16-18,20-21H2,1-3H3,(H,34,35). The highest BCUT2D eigenvalue weighted by Gasteiger charge is 2.44. The number of carbonyl (C=O) groups excluding carboxylic acids is 1. The van der Waals surface area contributed by atoms with E-state index in [0.29, 0.717) is 11.6 Å². The van der Waals surface area contributed by atoms with Crippen molar-refractivity contribution in [1.29, 1.82) is 0 Å². The highest BCUT2D eigenvalue weighted by Crippen LogP contribution is 2.36. The van der Waals surface area contributed by atoms with Gasteiger partial charge in [-0.15, -0.1) is 0 Å². The summed E-state index contributed by atoms with van der Waals surface area (Å²) in [5.74, 6) is -1.82. The molecule has 1 saturated heterocycles. The third kappa shape index (κ3) is 8.01. The predicted octanol–water partition coefficient (Wildman–Crippen LogP) is 3.47. The molecule has 0 aliphatic carbocycles. The maximum atomic E-state index is 13.5. The molecule has 0 spiro atoms. The van der Waals surface area contributed by atoms with E-state index in [1.807, 2.05) is 30.3 Å². The monoisotopic (exact) mass is 645 g/mol. The number of sulfonamides is 1. The molecule has 0 radical (unpaired) electrons. The van der Waals surface area contributed by atoms with Crippen LogP contribution in [0.2, 0.25) is 25.7 Å². The Morgan fingerprint density at radius 2 is 1.63 bits per heavy atom. The topological polar surface area (TPSA) is 150 Å². The van der Waals surface area contributed by atoms with Gasteiger partial charge in [0.2, 0.25) is 10.0 Å². The predicted molar refractivity (Wildman–Crippen MR) is 165 cm³/mol. The molecule has 43 heavy (non-hydrogen) atoms. The first kappa shape index (κ1) is 32.2. The van der Waals surface area contributed by atoms with Crippen LogP contribution in [0.4, 0.5) is 5.69 Å². The van der Waals surface area contributed by atoms with Gasteiger partial charge in [-0.1, -0.05) is 74.2 Å². The number of benzene rings is 3. The quantitative estimate of drug-likeness (QED) is 0.268. The Morgan fingerprint density at radius 1 is 1.00 bits per heavy atom. The largest absolute Gasteiger partial charge is 0.487 e. The average molecular weight is 646 g/mol. The summed E-state index contributed by atoms with van der Waals surface area (Å²) in [6, 6.07) is 20.1. The normalized spacial score (nSPS) is 15.8. The lowest BCUT2D eigenvalue weighted by molar-refractivity contribution is -0.139. The highest BCUT2D eigenvalue weighted by atomic mass is 32.2. The minimum atomic E-state index is -4.19. The van der Waals surface area contributed by atoms with Crippen LogP contribution in [0.1, 0.15) is 11.1 Å². The maximum Gasteiger partial charge on any atom is 0.329 e. The van der Waals surface area contributed by atoms with Crippen LogP contribution in [0.5, 0.6) is 5.75 Å². The van der Waals surface area contributed by atoms with Crippen LogP contribution in [0, 0.1) is 0 Å². The number of carboxylic acid groups (broad SMARTS) is 1. The van der Waals surface area contributed by atoms with Gasteiger partial charge in [-0.05, 0) is 47.9 Å². The molecule has 1 heterocycles. The molecule has 0 bridgehead atoms. The summed E-state index contributed by atoms with van der Waals surface area (Å²) in [4.78, 5) is 24.9.